The second kappa shape index (κ2) is 10.2. The summed E-state index contributed by atoms with van der Waals surface area (Å²) in [4.78, 5) is 13.4. The highest BCUT2D eigenvalue weighted by molar-refractivity contribution is 5.94. The minimum Gasteiger partial charge on any atom is -0.463 e. The Bertz CT molecular complexity index is 1070. The predicted molar refractivity (Wildman–Crippen MR) is 130 cm³/mol. The van der Waals surface area contributed by atoms with Crippen molar-refractivity contribution in [3.63, 3.8) is 0 Å². The van der Waals surface area contributed by atoms with Gasteiger partial charge in [0.15, 0.2) is 0 Å². The lowest BCUT2D eigenvalue weighted by Gasteiger charge is -2.33. The predicted octanol–water partition coefficient (Wildman–Crippen LogP) is 6.58. The molecule has 4 rings (SSSR count). The molecule has 2 aromatic rings. The average molecular weight is 467 g/mol. The van der Waals surface area contributed by atoms with Gasteiger partial charge in [0.2, 0.25) is 5.79 Å². The van der Waals surface area contributed by atoms with Crippen molar-refractivity contribution in [1.29, 1.82) is 0 Å². The summed E-state index contributed by atoms with van der Waals surface area (Å²) in [5.41, 5.74) is 2.95. The van der Waals surface area contributed by atoms with Crippen LogP contribution in [0.3, 0.4) is 0 Å². The zero-order chi connectivity index (χ0) is 24.3. The second-order valence-electron chi connectivity index (χ2n) is 9.29. The average Bonchev–Trinajstić information content (AvgIpc) is 2.81. The molecule has 0 saturated carbocycles. The lowest BCUT2D eigenvalue weighted by atomic mass is 10.0. The third-order valence-electron chi connectivity index (χ3n) is 6.29. The third kappa shape index (κ3) is 5.13. The SMILES string of the molecule is CCCCC[C@@H]1OC(=O)c2c(C)cccc2Oc2ccc3c(c2/C=C/[C@H]1OC)COC(C)(C)O3. The topological polar surface area (TPSA) is 63.2 Å². The molecule has 0 saturated heterocycles. The Balaban J connectivity index is 1.84. The van der Waals surface area contributed by atoms with Crippen molar-refractivity contribution in [2.24, 2.45) is 0 Å². The lowest BCUT2D eigenvalue weighted by molar-refractivity contribution is -0.180. The van der Waals surface area contributed by atoms with Crippen LogP contribution in [0.2, 0.25) is 0 Å². The number of unbranched alkanes of at least 4 members (excludes halogenated alkanes) is 2. The van der Waals surface area contributed by atoms with Crippen LogP contribution in [0, 0.1) is 6.92 Å². The van der Waals surface area contributed by atoms with Crippen LogP contribution in [0.5, 0.6) is 17.2 Å². The number of carbonyl (C=O) groups excluding carboxylic acids is 1. The first-order chi connectivity index (χ1) is 16.3. The Morgan fingerprint density at radius 1 is 1.09 bits per heavy atom. The van der Waals surface area contributed by atoms with E-state index in [1.54, 1.807) is 13.2 Å². The number of hydrogen-bond acceptors (Lipinski definition) is 6. The molecule has 6 heteroatoms. The largest absolute Gasteiger partial charge is 0.463 e. The van der Waals surface area contributed by atoms with Crippen LogP contribution in [0.25, 0.3) is 6.08 Å². The number of benzene rings is 2. The van der Waals surface area contributed by atoms with Crippen molar-refractivity contribution in [2.75, 3.05) is 7.11 Å². The summed E-state index contributed by atoms with van der Waals surface area (Å²) < 4.78 is 30.2. The minimum atomic E-state index is -0.706. The molecule has 182 valence electrons. The van der Waals surface area contributed by atoms with Gasteiger partial charge in [-0.25, -0.2) is 4.79 Å². The molecule has 0 amide bonds. The van der Waals surface area contributed by atoms with Crippen molar-refractivity contribution < 1.29 is 28.5 Å². The van der Waals surface area contributed by atoms with E-state index in [9.17, 15) is 4.79 Å². The molecule has 0 radical (unpaired) electrons. The van der Waals surface area contributed by atoms with Crippen LogP contribution in [0.4, 0.5) is 0 Å². The van der Waals surface area contributed by atoms with Crippen molar-refractivity contribution in [3.05, 3.63) is 58.7 Å². The van der Waals surface area contributed by atoms with Gasteiger partial charge < -0.3 is 23.7 Å². The number of esters is 1. The highest BCUT2D eigenvalue weighted by Crippen LogP contribution is 2.41. The first-order valence-electron chi connectivity index (χ1n) is 12.0. The number of aryl methyl sites for hydroxylation is 1. The third-order valence-corrected chi connectivity index (χ3v) is 6.29. The van der Waals surface area contributed by atoms with E-state index in [2.05, 4.69) is 6.92 Å². The maximum Gasteiger partial charge on any atom is 0.342 e. The van der Waals surface area contributed by atoms with Crippen molar-refractivity contribution in [3.8, 4) is 17.2 Å². The Hall–Kier alpha value is -2.83. The molecular weight excluding hydrogens is 432 g/mol. The molecule has 0 aromatic heterocycles. The normalized spacial score (nSPS) is 22.1. The Morgan fingerprint density at radius 2 is 1.88 bits per heavy atom. The maximum absolute atomic E-state index is 13.4. The molecular formula is C28H34O6. The molecule has 0 N–H and O–H groups in total. The van der Waals surface area contributed by atoms with E-state index >= 15 is 0 Å². The number of ether oxygens (including phenoxy) is 5. The maximum atomic E-state index is 13.4. The molecule has 2 aromatic carbocycles. The molecule has 2 aliphatic rings. The van der Waals surface area contributed by atoms with E-state index in [0.717, 1.165) is 41.7 Å². The van der Waals surface area contributed by atoms with Gasteiger partial charge in [0, 0.05) is 32.1 Å². The molecule has 0 bridgehead atoms. The molecule has 0 aliphatic carbocycles. The van der Waals surface area contributed by atoms with Crippen molar-refractivity contribution in [1.82, 2.24) is 0 Å². The van der Waals surface area contributed by atoms with E-state index in [1.165, 1.54) is 0 Å². The van der Waals surface area contributed by atoms with Crippen LogP contribution in [0.1, 0.15) is 73.5 Å². The number of rotatable bonds is 5. The molecule has 2 atom stereocenters. The van der Waals surface area contributed by atoms with Crippen molar-refractivity contribution >= 4 is 12.0 Å². The van der Waals surface area contributed by atoms with Gasteiger partial charge in [-0.3, -0.25) is 0 Å². The standard InChI is InChI=1S/C28H34O6/c1-6-7-8-11-24-23(30-5)14-13-19-20-17-31-28(3,4)34-22(20)16-15-21(19)32-25-12-9-10-18(2)26(25)27(29)33-24/h9-10,12-16,23-24H,6-8,11,17H2,1-5H3/b14-13+/t23-,24+/m1/s1. The van der Waals surface area contributed by atoms with Gasteiger partial charge in [-0.05, 0) is 43.5 Å². The van der Waals surface area contributed by atoms with Gasteiger partial charge >= 0.3 is 5.97 Å². The minimum absolute atomic E-state index is 0.382. The molecule has 0 spiro atoms. The van der Waals surface area contributed by atoms with Gasteiger partial charge in [0.1, 0.15) is 35.0 Å². The van der Waals surface area contributed by atoms with Crippen LogP contribution < -0.4 is 9.47 Å². The van der Waals surface area contributed by atoms with E-state index in [0.29, 0.717) is 30.1 Å². The van der Waals surface area contributed by atoms with Crippen molar-refractivity contribution in [2.45, 2.75) is 78.0 Å². The number of fused-ring (bicyclic) bond motifs is 4. The molecule has 2 aliphatic heterocycles. The van der Waals surface area contributed by atoms with Gasteiger partial charge in [0.05, 0.1) is 6.61 Å². The fraction of sp³-hybridized carbons (Fsp3) is 0.464. The molecule has 0 fully saturated rings. The lowest BCUT2D eigenvalue weighted by Crippen LogP contribution is -2.35. The Kier molecular flexibility index (Phi) is 7.29. The molecule has 2 heterocycles. The highest BCUT2D eigenvalue weighted by Gasteiger charge is 2.32. The zero-order valence-electron chi connectivity index (χ0n) is 20.7. The van der Waals surface area contributed by atoms with Crippen LogP contribution in [0.15, 0.2) is 36.4 Å². The van der Waals surface area contributed by atoms with E-state index < -0.39 is 24.0 Å². The number of cyclic esters (lactones) is 1. The summed E-state index contributed by atoms with van der Waals surface area (Å²) in [6, 6.07) is 9.32. The number of carbonyl (C=O) groups is 1. The first-order valence-corrected chi connectivity index (χ1v) is 12.0. The van der Waals surface area contributed by atoms with E-state index in [4.69, 9.17) is 23.7 Å². The Labute approximate surface area is 201 Å². The van der Waals surface area contributed by atoms with Gasteiger partial charge in [-0.15, -0.1) is 0 Å². The summed E-state index contributed by atoms with van der Waals surface area (Å²) in [6.45, 7) is 8.20. The Morgan fingerprint density at radius 3 is 2.65 bits per heavy atom. The van der Waals surface area contributed by atoms with E-state index in [-0.39, 0.29) is 0 Å². The number of methoxy groups -OCH3 is 1. The molecule has 6 nitrogen and oxygen atoms in total. The zero-order valence-corrected chi connectivity index (χ0v) is 20.7. The highest BCUT2D eigenvalue weighted by atomic mass is 16.7. The monoisotopic (exact) mass is 466 g/mol. The van der Waals surface area contributed by atoms with Gasteiger partial charge in [0.25, 0.3) is 0 Å². The number of hydrogen-bond donors (Lipinski definition) is 0. The molecule has 34 heavy (non-hydrogen) atoms. The van der Waals surface area contributed by atoms with E-state index in [1.807, 2.05) is 57.2 Å². The smallest absolute Gasteiger partial charge is 0.342 e. The molecule has 0 unspecified atom stereocenters. The summed E-state index contributed by atoms with van der Waals surface area (Å²) >= 11 is 0. The van der Waals surface area contributed by atoms with Gasteiger partial charge in [-0.1, -0.05) is 44.1 Å². The van der Waals surface area contributed by atoms with Crippen LogP contribution >= 0.6 is 0 Å². The summed E-state index contributed by atoms with van der Waals surface area (Å²) in [6.07, 6.45) is 6.89. The second-order valence-corrected chi connectivity index (χ2v) is 9.29. The summed E-state index contributed by atoms with van der Waals surface area (Å²) in [7, 11) is 1.64. The van der Waals surface area contributed by atoms with Crippen LogP contribution in [-0.2, 0) is 20.8 Å². The fourth-order valence-electron chi connectivity index (χ4n) is 4.41. The van der Waals surface area contributed by atoms with Crippen LogP contribution in [-0.4, -0.2) is 31.1 Å². The fourth-order valence-corrected chi connectivity index (χ4v) is 4.41. The quantitative estimate of drug-likeness (QED) is 0.366. The first kappa shape index (κ1) is 24.3. The van der Waals surface area contributed by atoms with Gasteiger partial charge in [-0.2, -0.15) is 0 Å². The summed E-state index contributed by atoms with van der Waals surface area (Å²) in [5.74, 6) is 0.715. The summed E-state index contributed by atoms with van der Waals surface area (Å²) in [5, 5.41) is 0.